The van der Waals surface area contributed by atoms with Crippen LogP contribution in [0.15, 0.2) is 30.3 Å². The summed E-state index contributed by atoms with van der Waals surface area (Å²) in [5.74, 6) is -0.273. The lowest BCUT2D eigenvalue weighted by Gasteiger charge is -2.19. The maximum atomic E-state index is 11.3. The Bertz CT molecular complexity index is 402. The molecule has 0 spiro atoms. The fourth-order valence-corrected chi connectivity index (χ4v) is 1.79. The number of likely N-dealkylation sites (tertiary alicyclic amines) is 1. The van der Waals surface area contributed by atoms with Gasteiger partial charge in [0.15, 0.2) is 5.78 Å². The van der Waals surface area contributed by atoms with Gasteiger partial charge in [0.2, 0.25) is 5.91 Å². The number of nitrogens with zero attached hydrogens (tertiary/aromatic N) is 1. The van der Waals surface area contributed by atoms with Gasteiger partial charge >= 0.3 is 0 Å². The molecule has 1 heterocycles. The third-order valence-electron chi connectivity index (χ3n) is 2.65. The highest BCUT2D eigenvalue weighted by Crippen LogP contribution is 2.16. The molecule has 1 atom stereocenters. The molecule has 1 fully saturated rings. The minimum atomic E-state index is -0.726. The summed E-state index contributed by atoms with van der Waals surface area (Å²) >= 11 is 0. The van der Waals surface area contributed by atoms with Crippen LogP contribution in [-0.4, -0.2) is 34.8 Å². The van der Waals surface area contributed by atoms with E-state index in [9.17, 15) is 14.7 Å². The van der Waals surface area contributed by atoms with Gasteiger partial charge in [0, 0.05) is 0 Å². The van der Waals surface area contributed by atoms with Crippen LogP contribution in [0, 0.1) is 0 Å². The molecule has 0 saturated carbocycles. The van der Waals surface area contributed by atoms with Gasteiger partial charge in [-0.25, -0.2) is 0 Å². The molecule has 1 aliphatic heterocycles. The Morgan fingerprint density at radius 2 is 1.94 bits per heavy atom. The van der Waals surface area contributed by atoms with Gasteiger partial charge in [-0.15, -0.1) is 0 Å². The summed E-state index contributed by atoms with van der Waals surface area (Å²) in [6.45, 7) is 0.317. The zero-order valence-corrected chi connectivity index (χ0v) is 8.80. The van der Waals surface area contributed by atoms with Crippen LogP contribution in [-0.2, 0) is 9.59 Å². The van der Waals surface area contributed by atoms with E-state index in [4.69, 9.17) is 0 Å². The maximum Gasteiger partial charge on any atom is 0.230 e. The van der Waals surface area contributed by atoms with Crippen LogP contribution < -0.4 is 0 Å². The molecule has 1 aromatic carbocycles. The topological polar surface area (TPSA) is 57.6 Å². The van der Waals surface area contributed by atoms with Crippen molar-refractivity contribution in [3.05, 3.63) is 35.9 Å². The monoisotopic (exact) mass is 219 g/mol. The Hall–Kier alpha value is -1.68. The van der Waals surface area contributed by atoms with Crippen molar-refractivity contribution in [1.29, 1.82) is 0 Å². The number of hydrogen-bond donors (Lipinski definition) is 1. The zero-order valence-electron chi connectivity index (χ0n) is 8.80. The molecule has 0 bridgehead atoms. The summed E-state index contributed by atoms with van der Waals surface area (Å²) in [5, 5.41) is 9.88. The second kappa shape index (κ2) is 4.45. The molecule has 84 valence electrons. The molecular weight excluding hydrogens is 206 g/mol. The second-order valence-corrected chi connectivity index (χ2v) is 3.92. The summed E-state index contributed by atoms with van der Waals surface area (Å²) in [6, 6.07) is 9.12. The molecule has 1 saturated heterocycles. The molecule has 1 unspecified atom stereocenters. The number of amides is 1. The normalized spacial score (nSPS) is 17.9. The first-order chi connectivity index (χ1) is 7.66. The lowest BCUT2D eigenvalue weighted by Crippen LogP contribution is -2.30. The van der Waals surface area contributed by atoms with E-state index in [0.29, 0.717) is 0 Å². The van der Waals surface area contributed by atoms with Crippen molar-refractivity contribution in [1.82, 2.24) is 4.90 Å². The predicted octanol–water partition coefficient (Wildman–Crippen LogP) is 0.521. The molecule has 1 N–H and O–H groups in total. The van der Waals surface area contributed by atoms with E-state index in [2.05, 4.69) is 0 Å². The van der Waals surface area contributed by atoms with Crippen molar-refractivity contribution >= 4 is 11.7 Å². The molecular formula is C12H13NO3. The fraction of sp³-hybridized carbons (Fsp3) is 0.333. The van der Waals surface area contributed by atoms with E-state index >= 15 is 0 Å². The van der Waals surface area contributed by atoms with E-state index in [1.165, 1.54) is 4.90 Å². The molecule has 1 amide bonds. The number of ketones is 1. The van der Waals surface area contributed by atoms with Gasteiger partial charge in [-0.2, -0.15) is 0 Å². The molecule has 4 nitrogen and oxygen atoms in total. The van der Waals surface area contributed by atoms with Gasteiger partial charge in [0.1, 0.15) is 0 Å². The van der Waals surface area contributed by atoms with Gasteiger partial charge in [-0.1, -0.05) is 30.3 Å². The molecule has 1 aliphatic rings. The Morgan fingerprint density at radius 3 is 2.50 bits per heavy atom. The van der Waals surface area contributed by atoms with Crippen LogP contribution in [0.2, 0.25) is 0 Å². The maximum absolute atomic E-state index is 11.3. The number of carbonyl (C=O) groups excluding carboxylic acids is 2. The molecule has 16 heavy (non-hydrogen) atoms. The van der Waals surface area contributed by atoms with Gasteiger partial charge in [0.05, 0.1) is 25.6 Å². The average molecular weight is 219 g/mol. The number of rotatable bonds is 3. The fourth-order valence-electron chi connectivity index (χ4n) is 1.79. The lowest BCUT2D eigenvalue weighted by atomic mass is 10.1. The summed E-state index contributed by atoms with van der Waals surface area (Å²) < 4.78 is 0. The number of aliphatic hydroxyl groups excluding tert-OH is 1. The number of Topliss-reactive ketones (excluding diaryl/α,β-unsaturated/α-hetero) is 1. The van der Waals surface area contributed by atoms with Gasteiger partial charge in [-0.3, -0.25) is 9.59 Å². The smallest absolute Gasteiger partial charge is 0.230 e. The van der Waals surface area contributed by atoms with Crippen molar-refractivity contribution in [3.63, 3.8) is 0 Å². The Morgan fingerprint density at radius 1 is 1.25 bits per heavy atom. The van der Waals surface area contributed by atoms with E-state index in [-0.39, 0.29) is 31.2 Å². The Kier molecular flexibility index (Phi) is 3.01. The zero-order chi connectivity index (χ0) is 11.5. The summed E-state index contributed by atoms with van der Waals surface area (Å²) in [7, 11) is 0. The minimum absolute atomic E-state index is 0.0263. The van der Waals surface area contributed by atoms with Crippen LogP contribution in [0.25, 0.3) is 0 Å². The van der Waals surface area contributed by atoms with E-state index in [1.807, 2.05) is 18.2 Å². The second-order valence-electron chi connectivity index (χ2n) is 3.92. The SMILES string of the molecule is O=C1CC(=O)N(CC(O)c2ccccc2)C1. The van der Waals surface area contributed by atoms with Crippen LogP contribution >= 0.6 is 0 Å². The highest BCUT2D eigenvalue weighted by atomic mass is 16.3. The van der Waals surface area contributed by atoms with Crippen molar-refractivity contribution < 1.29 is 14.7 Å². The number of benzene rings is 1. The van der Waals surface area contributed by atoms with E-state index in [0.717, 1.165) is 5.56 Å². The Balaban J connectivity index is 2.00. The van der Waals surface area contributed by atoms with Gasteiger partial charge < -0.3 is 10.0 Å². The molecule has 2 rings (SSSR count). The first kappa shape index (κ1) is 10.8. The minimum Gasteiger partial charge on any atom is -0.387 e. The number of hydrogen-bond acceptors (Lipinski definition) is 3. The van der Waals surface area contributed by atoms with Crippen molar-refractivity contribution in [3.8, 4) is 0 Å². The molecule has 0 aliphatic carbocycles. The highest BCUT2D eigenvalue weighted by Gasteiger charge is 2.28. The number of carbonyl (C=O) groups is 2. The van der Waals surface area contributed by atoms with Crippen LogP contribution in [0.5, 0.6) is 0 Å². The van der Waals surface area contributed by atoms with E-state index < -0.39 is 6.10 Å². The predicted molar refractivity (Wildman–Crippen MR) is 57.6 cm³/mol. The largest absolute Gasteiger partial charge is 0.387 e. The number of aliphatic hydroxyl groups is 1. The van der Waals surface area contributed by atoms with Crippen LogP contribution in [0.3, 0.4) is 0 Å². The standard InChI is InChI=1S/C12H13NO3/c14-10-6-12(16)13(7-10)8-11(15)9-4-2-1-3-5-9/h1-5,11,15H,6-8H2. The molecule has 1 aromatic rings. The number of β-amino-alcohol motifs (C(OH)–C–C–N with tert-alkyl or cyclic N) is 1. The first-order valence-corrected chi connectivity index (χ1v) is 5.19. The quantitative estimate of drug-likeness (QED) is 0.754. The lowest BCUT2D eigenvalue weighted by molar-refractivity contribution is -0.129. The van der Waals surface area contributed by atoms with Crippen LogP contribution in [0.4, 0.5) is 0 Å². The summed E-state index contributed by atoms with van der Waals surface area (Å²) in [6.07, 6.45) is -0.752. The third kappa shape index (κ3) is 2.28. The summed E-state index contributed by atoms with van der Waals surface area (Å²) in [5.41, 5.74) is 0.759. The Labute approximate surface area is 93.5 Å². The van der Waals surface area contributed by atoms with Crippen molar-refractivity contribution in [2.75, 3.05) is 13.1 Å². The van der Waals surface area contributed by atoms with Gasteiger partial charge in [-0.05, 0) is 5.56 Å². The third-order valence-corrected chi connectivity index (χ3v) is 2.65. The molecule has 0 radical (unpaired) electrons. The summed E-state index contributed by atoms with van der Waals surface area (Å²) in [4.78, 5) is 23.8. The average Bonchev–Trinajstić information content (AvgIpc) is 2.59. The van der Waals surface area contributed by atoms with Crippen molar-refractivity contribution in [2.24, 2.45) is 0 Å². The van der Waals surface area contributed by atoms with Crippen molar-refractivity contribution in [2.45, 2.75) is 12.5 Å². The van der Waals surface area contributed by atoms with E-state index in [1.54, 1.807) is 12.1 Å². The first-order valence-electron chi connectivity index (χ1n) is 5.19. The molecule has 4 heteroatoms. The molecule has 0 aromatic heterocycles. The van der Waals surface area contributed by atoms with Crippen LogP contribution in [0.1, 0.15) is 18.1 Å². The van der Waals surface area contributed by atoms with Gasteiger partial charge in [0.25, 0.3) is 0 Å². The highest BCUT2D eigenvalue weighted by molar-refractivity contribution is 6.05.